The summed E-state index contributed by atoms with van der Waals surface area (Å²) in [6, 6.07) is 11.4. The van der Waals surface area contributed by atoms with E-state index in [1.807, 2.05) is 0 Å². The summed E-state index contributed by atoms with van der Waals surface area (Å²) in [5.41, 5.74) is 1.43. The van der Waals surface area contributed by atoms with E-state index in [-0.39, 0.29) is 0 Å². The Balaban J connectivity index is 1.82. The highest BCUT2D eigenvalue weighted by atomic mass is 16.1. The van der Waals surface area contributed by atoms with Crippen molar-refractivity contribution < 1.29 is 4.79 Å². The fraction of sp³-hybridized carbons (Fsp3) is 0.632. The van der Waals surface area contributed by atoms with Gasteiger partial charge in [0.15, 0.2) is 0 Å². The van der Waals surface area contributed by atoms with E-state index in [9.17, 15) is 4.79 Å². The van der Waals surface area contributed by atoms with Gasteiger partial charge in [-0.25, -0.2) is 0 Å². The molecule has 1 fully saturated rings. The normalized spacial score (nSPS) is 24.0. The van der Waals surface area contributed by atoms with Crippen molar-refractivity contribution in [2.45, 2.75) is 51.0 Å². The van der Waals surface area contributed by atoms with E-state index in [2.05, 4.69) is 49.3 Å². The van der Waals surface area contributed by atoms with E-state index in [0.29, 0.717) is 12.0 Å². The number of hydrogen-bond donors (Lipinski definition) is 0. The lowest BCUT2D eigenvalue weighted by atomic mass is 9.78. The number of aldehydes is 1. The molecule has 2 nitrogen and oxygen atoms in total. The molecule has 116 valence electrons. The Bertz CT molecular complexity index is 407. The molecule has 0 bridgehead atoms. The van der Waals surface area contributed by atoms with Gasteiger partial charge in [-0.1, -0.05) is 43.2 Å². The molecular formula is C19H29NO. The second-order valence-electron chi connectivity index (χ2n) is 6.76. The number of carbonyl (C=O) groups excluding carboxylic acids is 1. The summed E-state index contributed by atoms with van der Waals surface area (Å²) in [6.07, 6.45) is 9.55. The van der Waals surface area contributed by atoms with Crippen molar-refractivity contribution in [3.05, 3.63) is 35.9 Å². The number of hydrogen-bond acceptors (Lipinski definition) is 2. The Labute approximate surface area is 129 Å². The Hall–Kier alpha value is -1.15. The van der Waals surface area contributed by atoms with Crippen molar-refractivity contribution in [3.63, 3.8) is 0 Å². The average Bonchev–Trinajstić information content (AvgIpc) is 2.50. The van der Waals surface area contributed by atoms with Crippen molar-refractivity contribution in [2.75, 3.05) is 14.1 Å². The van der Waals surface area contributed by atoms with E-state index < -0.39 is 0 Å². The van der Waals surface area contributed by atoms with Crippen LogP contribution in [0.4, 0.5) is 0 Å². The topological polar surface area (TPSA) is 20.3 Å². The molecule has 2 heteroatoms. The molecule has 2 rings (SSSR count). The summed E-state index contributed by atoms with van der Waals surface area (Å²) in [5.74, 6) is 1.52. The molecule has 1 saturated carbocycles. The van der Waals surface area contributed by atoms with Crippen LogP contribution < -0.4 is 0 Å². The highest BCUT2D eigenvalue weighted by molar-refractivity contribution is 5.49. The van der Waals surface area contributed by atoms with Crippen molar-refractivity contribution in [1.29, 1.82) is 0 Å². The lowest BCUT2D eigenvalue weighted by Crippen LogP contribution is -2.22. The number of benzene rings is 1. The van der Waals surface area contributed by atoms with Gasteiger partial charge in [0.1, 0.15) is 6.29 Å². The van der Waals surface area contributed by atoms with Crippen molar-refractivity contribution in [3.8, 4) is 0 Å². The van der Waals surface area contributed by atoms with Crippen LogP contribution in [0, 0.1) is 11.8 Å². The molecule has 0 saturated heterocycles. The second-order valence-corrected chi connectivity index (χ2v) is 6.76. The van der Waals surface area contributed by atoms with Crippen LogP contribution in [0.2, 0.25) is 0 Å². The molecule has 21 heavy (non-hydrogen) atoms. The Morgan fingerprint density at radius 1 is 1.10 bits per heavy atom. The molecule has 1 aromatic rings. The molecule has 1 aliphatic carbocycles. The predicted octanol–water partition coefficient (Wildman–Crippen LogP) is 4.46. The van der Waals surface area contributed by atoms with Crippen LogP contribution in [-0.2, 0) is 4.79 Å². The van der Waals surface area contributed by atoms with Gasteiger partial charge in [0.05, 0.1) is 0 Å². The molecule has 0 spiro atoms. The smallest absolute Gasteiger partial charge is 0.120 e. The monoisotopic (exact) mass is 287 g/mol. The minimum atomic E-state index is 0.527. The lowest BCUT2D eigenvalue weighted by molar-refractivity contribution is -0.108. The zero-order valence-electron chi connectivity index (χ0n) is 13.5. The van der Waals surface area contributed by atoms with E-state index in [4.69, 9.17) is 0 Å². The fourth-order valence-electron chi connectivity index (χ4n) is 3.68. The summed E-state index contributed by atoms with van der Waals surface area (Å²) in [4.78, 5) is 12.9. The third-order valence-corrected chi connectivity index (χ3v) is 5.05. The van der Waals surface area contributed by atoms with Crippen LogP contribution >= 0.6 is 0 Å². The first-order valence-corrected chi connectivity index (χ1v) is 8.35. The summed E-state index contributed by atoms with van der Waals surface area (Å²) in [6.45, 7) is 0. The molecule has 1 aliphatic rings. The van der Waals surface area contributed by atoms with Gasteiger partial charge in [0.2, 0.25) is 0 Å². The molecule has 0 aromatic heterocycles. The summed E-state index contributed by atoms with van der Waals surface area (Å²) < 4.78 is 0. The van der Waals surface area contributed by atoms with Crippen LogP contribution in [0.5, 0.6) is 0 Å². The highest BCUT2D eigenvalue weighted by Crippen LogP contribution is 2.35. The zero-order chi connectivity index (χ0) is 15.1. The molecule has 0 heterocycles. The maximum Gasteiger partial charge on any atom is 0.120 e. The van der Waals surface area contributed by atoms with Gasteiger partial charge in [-0.05, 0) is 57.2 Å². The number of carbonyl (C=O) groups is 1. The predicted molar refractivity (Wildman–Crippen MR) is 88.2 cm³/mol. The Kier molecular flexibility index (Phi) is 6.44. The molecule has 0 aliphatic heterocycles. The first kappa shape index (κ1) is 16.2. The summed E-state index contributed by atoms with van der Waals surface area (Å²) in [5, 5.41) is 0. The van der Waals surface area contributed by atoms with E-state index in [0.717, 1.165) is 18.6 Å². The van der Waals surface area contributed by atoms with Gasteiger partial charge in [0, 0.05) is 12.5 Å². The Morgan fingerprint density at radius 2 is 1.71 bits per heavy atom. The van der Waals surface area contributed by atoms with E-state index >= 15 is 0 Å². The SMILES string of the molecule is CN(C)C(CCC1CCC(CC=O)CC1)c1ccccc1. The largest absolute Gasteiger partial charge is 0.303 e. The maximum atomic E-state index is 10.6. The van der Waals surface area contributed by atoms with Gasteiger partial charge in [-0.3, -0.25) is 0 Å². The van der Waals surface area contributed by atoms with Crippen LogP contribution in [-0.4, -0.2) is 25.3 Å². The van der Waals surface area contributed by atoms with Gasteiger partial charge in [-0.2, -0.15) is 0 Å². The fourth-order valence-corrected chi connectivity index (χ4v) is 3.68. The standard InChI is InChI=1S/C19H29NO/c1-20(2)19(18-6-4-3-5-7-18)13-12-16-8-10-17(11-9-16)14-15-21/h3-7,15-17,19H,8-14H2,1-2H3. The molecule has 1 atom stereocenters. The summed E-state index contributed by atoms with van der Waals surface area (Å²) >= 11 is 0. The van der Waals surface area contributed by atoms with Gasteiger partial charge in [-0.15, -0.1) is 0 Å². The second kappa shape index (κ2) is 8.33. The zero-order valence-corrected chi connectivity index (χ0v) is 13.5. The molecule has 1 aromatic carbocycles. The third-order valence-electron chi connectivity index (χ3n) is 5.05. The van der Waals surface area contributed by atoms with E-state index in [1.54, 1.807) is 0 Å². The molecule has 1 unspecified atom stereocenters. The van der Waals surface area contributed by atoms with Gasteiger partial charge >= 0.3 is 0 Å². The quantitative estimate of drug-likeness (QED) is 0.690. The lowest BCUT2D eigenvalue weighted by Gasteiger charge is -2.30. The van der Waals surface area contributed by atoms with Crippen LogP contribution in [0.25, 0.3) is 0 Å². The highest BCUT2D eigenvalue weighted by Gasteiger charge is 2.22. The molecule has 0 radical (unpaired) electrons. The third kappa shape index (κ3) is 4.96. The first-order chi connectivity index (χ1) is 10.2. The van der Waals surface area contributed by atoms with Gasteiger partial charge < -0.3 is 9.69 Å². The van der Waals surface area contributed by atoms with Crippen LogP contribution in [0.3, 0.4) is 0 Å². The number of rotatable bonds is 7. The van der Waals surface area contributed by atoms with Crippen LogP contribution in [0.15, 0.2) is 30.3 Å². The molecule has 0 N–H and O–H groups in total. The minimum Gasteiger partial charge on any atom is -0.303 e. The number of nitrogens with zero attached hydrogens (tertiary/aromatic N) is 1. The minimum absolute atomic E-state index is 0.527. The maximum absolute atomic E-state index is 10.6. The first-order valence-electron chi connectivity index (χ1n) is 8.35. The summed E-state index contributed by atoms with van der Waals surface area (Å²) in [7, 11) is 4.36. The van der Waals surface area contributed by atoms with Crippen molar-refractivity contribution >= 4 is 6.29 Å². The average molecular weight is 287 g/mol. The molecule has 0 amide bonds. The van der Waals surface area contributed by atoms with Crippen LogP contribution in [0.1, 0.15) is 56.6 Å². The van der Waals surface area contributed by atoms with Crippen molar-refractivity contribution in [1.82, 2.24) is 4.90 Å². The van der Waals surface area contributed by atoms with Crippen molar-refractivity contribution in [2.24, 2.45) is 11.8 Å². The van der Waals surface area contributed by atoms with E-state index in [1.165, 1.54) is 44.1 Å². The van der Waals surface area contributed by atoms with Gasteiger partial charge in [0.25, 0.3) is 0 Å². The Morgan fingerprint density at radius 3 is 2.29 bits per heavy atom. The molecular weight excluding hydrogens is 258 g/mol.